The summed E-state index contributed by atoms with van der Waals surface area (Å²) in [5, 5.41) is 3.28. The summed E-state index contributed by atoms with van der Waals surface area (Å²) < 4.78 is -4.40. The molecule has 0 aromatic heterocycles. The topological polar surface area (TPSA) is 12.0 Å². The Morgan fingerprint density at radius 2 is 1.08 bits per heavy atom. The van der Waals surface area contributed by atoms with Crippen LogP contribution in [0.3, 0.4) is 0 Å². The van der Waals surface area contributed by atoms with Gasteiger partial charge in [-0.15, -0.1) is 0 Å². The van der Waals surface area contributed by atoms with Crippen molar-refractivity contribution in [3.8, 4) is 0 Å². The first kappa shape index (κ1) is 12.4. The molecule has 1 rings (SSSR count). The van der Waals surface area contributed by atoms with Gasteiger partial charge in [0.05, 0.1) is 0 Å². The first-order valence-electron chi connectivity index (χ1n) is 3.38. The Kier molecular flexibility index (Phi) is 4.75. The summed E-state index contributed by atoms with van der Waals surface area (Å²) in [6.45, 7) is 2.50. The predicted molar refractivity (Wildman–Crippen MR) is 56.0 cm³/mol. The van der Waals surface area contributed by atoms with E-state index in [1.165, 1.54) is 32.4 Å². The van der Waals surface area contributed by atoms with Crippen molar-refractivity contribution in [1.29, 1.82) is 0 Å². The Labute approximate surface area is 99.5 Å². The molecule has 0 atom stereocenters. The molecule has 1 nitrogen and oxygen atoms in total. The van der Waals surface area contributed by atoms with Crippen LogP contribution in [0.5, 0.6) is 0 Å². The quantitative estimate of drug-likeness (QED) is 0.516. The molecule has 0 saturated carbocycles. The van der Waals surface area contributed by atoms with Crippen LogP contribution in [0.1, 0.15) is 19.3 Å². The normalized spacial score (nSPS) is 21.6. The molecule has 0 aliphatic carbocycles. The van der Waals surface area contributed by atoms with Crippen molar-refractivity contribution < 1.29 is 0 Å². The van der Waals surface area contributed by atoms with Gasteiger partial charge in [0.1, 0.15) is 0 Å². The fourth-order valence-electron chi connectivity index (χ4n) is 0.802. The number of nitrogens with one attached hydrogen (secondary N) is 1. The van der Waals surface area contributed by atoms with Crippen LogP contribution in [0.2, 0.25) is 0 Å². The third kappa shape index (κ3) is 22.4. The van der Waals surface area contributed by atoms with Gasteiger partial charge in [0.25, 0.3) is 0 Å². The Bertz CT molecular complexity index is 99.1. The van der Waals surface area contributed by atoms with E-state index in [1.54, 1.807) is 0 Å². The van der Waals surface area contributed by atoms with Crippen molar-refractivity contribution in [2.75, 3.05) is 13.1 Å². The Hall–Kier alpha value is 0.410. The molecule has 0 aromatic rings. The molecule has 1 aliphatic heterocycles. The molecule has 1 heterocycles. The van der Waals surface area contributed by atoms with E-state index >= 15 is 0 Å². The van der Waals surface area contributed by atoms with Crippen LogP contribution in [0, 0.1) is 0 Å². The molecule has 0 spiro atoms. The Morgan fingerprint density at radius 1 is 0.750 bits per heavy atom. The van der Waals surface area contributed by atoms with Crippen molar-refractivity contribution in [3.63, 3.8) is 0 Å². The fraction of sp³-hybridized carbons (Fsp3) is 1.00. The molecular weight excluding hydrogens is 498 g/mol. The van der Waals surface area contributed by atoms with E-state index in [0.29, 0.717) is 0 Å². The van der Waals surface area contributed by atoms with Crippen molar-refractivity contribution in [2.45, 2.75) is 19.3 Å². The van der Waals surface area contributed by atoms with Crippen LogP contribution in [0.4, 0.5) is 0 Å². The molecule has 0 bridgehead atoms. The van der Waals surface area contributed by atoms with E-state index in [2.05, 4.69) is 5.32 Å². The molecule has 1 fully saturated rings. The summed E-state index contributed by atoms with van der Waals surface area (Å²) in [4.78, 5) is 0. The van der Waals surface area contributed by atoms with Gasteiger partial charge in [0.15, 0.2) is 0 Å². The Morgan fingerprint density at radius 3 is 1.17 bits per heavy atom. The molecular formula is C5H11Cl5CmN. The zero-order valence-corrected chi connectivity index (χ0v) is 13.0. The molecule has 79 valence electrons. The third-order valence-corrected chi connectivity index (χ3v) is 1.21. The van der Waals surface area contributed by atoms with Gasteiger partial charge in [0, 0.05) is 0 Å². The first-order valence-corrected chi connectivity index (χ1v) is 21.4. The van der Waals surface area contributed by atoms with E-state index in [9.17, 15) is 0 Å². The van der Waals surface area contributed by atoms with E-state index < -0.39 is 0 Å². The molecule has 0 aromatic carbocycles. The number of hydrogen-bond donors (Lipinski definition) is 1. The van der Waals surface area contributed by atoms with Crippen LogP contribution in [0.15, 0.2) is 0 Å². The summed E-state index contributed by atoms with van der Waals surface area (Å²) >= 11 is 25.3. The molecule has 12 heavy (non-hydrogen) atoms. The van der Waals surface area contributed by atoms with Gasteiger partial charge in [0.2, 0.25) is 0 Å². The van der Waals surface area contributed by atoms with Crippen LogP contribution >= 0.6 is 62.0 Å². The monoisotopic (exact) mass is 503 g/mol. The first-order chi connectivity index (χ1) is 5.24. The minimum absolute atomic E-state index is 1.25. The van der Waals surface area contributed by atoms with Crippen molar-refractivity contribution >= 4 is 62.0 Å². The number of halogens is 5. The van der Waals surface area contributed by atoms with Gasteiger partial charge in [-0.1, -0.05) is 6.42 Å². The van der Waals surface area contributed by atoms with Crippen LogP contribution in [-0.4, -0.2) is 13.1 Å². The average Bonchev–Trinajstić information content (AvgIpc) is 1.86. The molecule has 7 heteroatoms. The molecule has 0 amide bonds. The van der Waals surface area contributed by atoms with E-state index in [0.717, 1.165) is 0 Å². The second-order valence-electron chi connectivity index (χ2n) is 2.32. The van der Waals surface area contributed by atoms with Gasteiger partial charge in [-0.2, -0.15) is 0 Å². The summed E-state index contributed by atoms with van der Waals surface area (Å²) in [6, 6.07) is 0. The summed E-state index contributed by atoms with van der Waals surface area (Å²) in [5.41, 5.74) is 0. The minimum atomic E-state index is -4.40. The summed E-state index contributed by atoms with van der Waals surface area (Å²) in [7, 11) is 0. The van der Waals surface area contributed by atoms with Crippen molar-refractivity contribution in [2.24, 2.45) is 0 Å². The number of rotatable bonds is 0. The van der Waals surface area contributed by atoms with Crippen LogP contribution in [-0.2, 0) is 0 Å². The molecule has 0 radical (unpaired) electrons. The Balaban J connectivity index is 0.000000202. The van der Waals surface area contributed by atoms with Gasteiger partial charge in [-0.25, -0.2) is 0 Å². The number of hydrogen-bond acceptors (Lipinski definition) is 1. The zero-order valence-electron chi connectivity index (χ0n) is 6.28. The van der Waals surface area contributed by atoms with Gasteiger partial charge >= 0.3 is 62.0 Å². The van der Waals surface area contributed by atoms with Crippen LogP contribution < -0.4 is 5.32 Å². The third-order valence-electron chi connectivity index (χ3n) is 1.21. The summed E-state index contributed by atoms with van der Waals surface area (Å²) in [5.74, 6) is 0. The second-order valence-corrected chi connectivity index (χ2v) is 44.2. The second kappa shape index (κ2) is 4.59. The van der Waals surface area contributed by atoms with Gasteiger partial charge in [-0.05, 0) is 25.9 Å². The maximum atomic E-state index is 5.06. The number of piperidine rings is 1. The van der Waals surface area contributed by atoms with E-state index in [-0.39, 0.29) is 0 Å². The maximum absolute atomic E-state index is 5.06. The molecule has 1 saturated heterocycles. The van der Waals surface area contributed by atoms with E-state index in [1.807, 2.05) is 0 Å². The molecule has 1 aliphatic rings. The van der Waals surface area contributed by atoms with Crippen LogP contribution in [0.25, 0.3) is 0 Å². The summed E-state index contributed by atoms with van der Waals surface area (Å²) in [6.07, 6.45) is 4.22. The SMILES string of the molecule is C1CCNCC1.[Cl][Cm]([Cl])([Cl])([Cl])[Cl]. The fourth-order valence-corrected chi connectivity index (χ4v) is 0.802. The van der Waals surface area contributed by atoms with Crippen molar-refractivity contribution in [3.05, 3.63) is 0 Å². The molecule has 1 N–H and O–H groups in total. The zero-order chi connectivity index (χ0) is 9.69. The van der Waals surface area contributed by atoms with Gasteiger partial charge < -0.3 is 5.32 Å². The van der Waals surface area contributed by atoms with E-state index in [4.69, 9.17) is 62.0 Å². The van der Waals surface area contributed by atoms with Gasteiger partial charge in [-0.3, -0.25) is 0 Å². The standard InChI is InChI=1S/C5H11N.5ClH.Cm/c1-2-4-6-5-3-1;;;;;;/h6H,1-5H2;5*1H;/q;;;;;;+5/p-5. The average molecular weight is 509 g/mol. The molecule has 0 unspecified atom stereocenters. The predicted octanol–water partition coefficient (Wildman–Crippen LogP) is 4.21. The van der Waals surface area contributed by atoms with Crippen molar-refractivity contribution in [1.82, 2.24) is 5.32 Å².